The van der Waals surface area contributed by atoms with Crippen LogP contribution in [0.4, 0.5) is 5.69 Å². The van der Waals surface area contributed by atoms with Crippen LogP contribution in [0.1, 0.15) is 16.1 Å². The van der Waals surface area contributed by atoms with Crippen molar-refractivity contribution in [1.29, 1.82) is 0 Å². The lowest BCUT2D eigenvalue weighted by Gasteiger charge is -2.12. The Balaban J connectivity index is 1.95. The number of phenolic OH excluding ortho intramolecular Hbond substituents is 1. The minimum Gasteiger partial charge on any atom is -0.504 e. The van der Waals surface area contributed by atoms with Gasteiger partial charge >= 0.3 is 0 Å². The van der Waals surface area contributed by atoms with Gasteiger partial charge in [0.1, 0.15) is 5.69 Å². The highest BCUT2D eigenvalue weighted by Crippen LogP contribution is 2.42. The molecule has 0 atom stereocenters. The van der Waals surface area contributed by atoms with E-state index in [9.17, 15) is 9.90 Å². The van der Waals surface area contributed by atoms with E-state index in [1.165, 1.54) is 12.3 Å². The smallest absolute Gasteiger partial charge is 0.259 e. The normalized spacial score (nSPS) is 10.7. The van der Waals surface area contributed by atoms with Crippen LogP contribution in [0.2, 0.25) is 15.1 Å². The lowest BCUT2D eigenvalue weighted by molar-refractivity contribution is 0.102. The molecule has 3 aromatic rings. The Morgan fingerprint density at radius 1 is 1.20 bits per heavy atom. The van der Waals surface area contributed by atoms with E-state index in [2.05, 4.69) is 15.4 Å². The van der Waals surface area contributed by atoms with Gasteiger partial charge in [-0.25, -0.2) is 4.68 Å². The molecule has 0 fully saturated rings. The fourth-order valence-corrected chi connectivity index (χ4v) is 2.91. The van der Waals surface area contributed by atoms with Crippen LogP contribution in [0.15, 0.2) is 36.8 Å². The number of hydrogen-bond donors (Lipinski definition) is 2. The predicted octanol–water partition coefficient (Wildman–Crippen LogP) is 4.49. The number of nitrogens with zero attached hydrogens (tertiary/aromatic N) is 3. The van der Waals surface area contributed by atoms with Crippen LogP contribution in [0, 0.1) is 6.92 Å². The molecule has 9 heteroatoms. The monoisotopic (exact) mass is 396 g/mol. The summed E-state index contributed by atoms with van der Waals surface area (Å²) >= 11 is 17.9. The SMILES string of the molecule is Cc1c(C(=O)Nc2c(O)c(Cl)cc(Cl)c2Cl)cnn1-c1ccncc1. The average molecular weight is 398 g/mol. The van der Waals surface area contributed by atoms with Gasteiger partial charge < -0.3 is 10.4 Å². The Morgan fingerprint density at radius 2 is 1.88 bits per heavy atom. The Hall–Kier alpha value is -2.28. The average Bonchev–Trinajstić information content (AvgIpc) is 2.99. The van der Waals surface area contributed by atoms with E-state index in [1.807, 2.05) is 0 Å². The molecular formula is C16H11Cl3N4O2. The lowest BCUT2D eigenvalue weighted by Crippen LogP contribution is -2.14. The number of nitrogens with one attached hydrogen (secondary N) is 1. The van der Waals surface area contributed by atoms with Crippen molar-refractivity contribution in [2.24, 2.45) is 0 Å². The Bertz CT molecular complexity index is 932. The molecule has 25 heavy (non-hydrogen) atoms. The van der Waals surface area contributed by atoms with E-state index in [4.69, 9.17) is 34.8 Å². The molecule has 1 aromatic carbocycles. The van der Waals surface area contributed by atoms with Gasteiger partial charge in [-0.15, -0.1) is 0 Å². The quantitative estimate of drug-likeness (QED) is 0.504. The molecule has 0 aliphatic heterocycles. The van der Waals surface area contributed by atoms with Crippen molar-refractivity contribution >= 4 is 46.4 Å². The molecule has 0 aliphatic carbocycles. The second-order valence-electron chi connectivity index (χ2n) is 5.09. The number of amides is 1. The van der Waals surface area contributed by atoms with Gasteiger partial charge in [-0.05, 0) is 25.1 Å². The van der Waals surface area contributed by atoms with Gasteiger partial charge in [-0.3, -0.25) is 9.78 Å². The van der Waals surface area contributed by atoms with Crippen LogP contribution in [-0.2, 0) is 0 Å². The number of halogens is 3. The summed E-state index contributed by atoms with van der Waals surface area (Å²) in [4.78, 5) is 16.5. The van der Waals surface area contributed by atoms with Crippen molar-refractivity contribution in [3.8, 4) is 11.4 Å². The molecule has 0 spiro atoms. The van der Waals surface area contributed by atoms with E-state index in [-0.39, 0.29) is 26.5 Å². The zero-order chi connectivity index (χ0) is 18.1. The number of phenols is 1. The van der Waals surface area contributed by atoms with Crippen LogP contribution >= 0.6 is 34.8 Å². The highest BCUT2D eigenvalue weighted by atomic mass is 35.5. The largest absolute Gasteiger partial charge is 0.504 e. The van der Waals surface area contributed by atoms with Gasteiger partial charge in [0.05, 0.1) is 38.2 Å². The maximum atomic E-state index is 12.6. The number of aromatic hydroxyl groups is 1. The first-order valence-electron chi connectivity index (χ1n) is 7.03. The number of hydrogen-bond acceptors (Lipinski definition) is 4. The first-order valence-corrected chi connectivity index (χ1v) is 8.16. The third kappa shape index (κ3) is 3.28. The van der Waals surface area contributed by atoms with E-state index >= 15 is 0 Å². The Kier molecular flexibility index (Phi) is 4.85. The number of rotatable bonds is 3. The number of aromatic nitrogens is 3. The van der Waals surface area contributed by atoms with E-state index in [0.29, 0.717) is 11.3 Å². The second kappa shape index (κ2) is 6.92. The number of carbonyl (C=O) groups excluding carboxylic acids is 1. The maximum absolute atomic E-state index is 12.6. The van der Waals surface area contributed by atoms with Crippen LogP contribution in [0.3, 0.4) is 0 Å². The summed E-state index contributed by atoms with van der Waals surface area (Å²) in [5.41, 5.74) is 1.62. The molecule has 3 rings (SSSR count). The van der Waals surface area contributed by atoms with Crippen molar-refractivity contribution in [3.05, 3.63) is 63.1 Å². The summed E-state index contributed by atoms with van der Waals surface area (Å²) in [7, 11) is 0. The van der Waals surface area contributed by atoms with Crippen molar-refractivity contribution in [3.63, 3.8) is 0 Å². The standard InChI is InChI=1S/C16H11Cl3N4O2/c1-8-10(7-21-23(8)9-2-4-20-5-3-9)16(25)22-14-13(19)11(17)6-12(18)15(14)24/h2-7,24H,1H3,(H,22,25). The zero-order valence-corrected chi connectivity index (χ0v) is 15.1. The maximum Gasteiger partial charge on any atom is 0.259 e. The van der Waals surface area contributed by atoms with Gasteiger partial charge in [-0.1, -0.05) is 34.8 Å². The van der Waals surface area contributed by atoms with Crippen molar-refractivity contribution < 1.29 is 9.90 Å². The van der Waals surface area contributed by atoms with Gasteiger partial charge in [0.25, 0.3) is 5.91 Å². The molecule has 0 saturated heterocycles. The van der Waals surface area contributed by atoms with Gasteiger partial charge in [0.2, 0.25) is 0 Å². The fraction of sp³-hybridized carbons (Fsp3) is 0.0625. The van der Waals surface area contributed by atoms with E-state index in [1.54, 1.807) is 36.1 Å². The minimum absolute atomic E-state index is 0.00362. The lowest BCUT2D eigenvalue weighted by atomic mass is 10.2. The van der Waals surface area contributed by atoms with Crippen molar-refractivity contribution in [1.82, 2.24) is 14.8 Å². The summed E-state index contributed by atoms with van der Waals surface area (Å²) in [6.45, 7) is 1.74. The number of anilines is 1. The minimum atomic E-state index is -0.506. The first kappa shape index (κ1) is 17.5. The van der Waals surface area contributed by atoms with Crippen LogP contribution < -0.4 is 5.32 Å². The third-order valence-corrected chi connectivity index (χ3v) is 4.62. The van der Waals surface area contributed by atoms with Gasteiger partial charge in [-0.2, -0.15) is 5.10 Å². The number of benzene rings is 1. The second-order valence-corrected chi connectivity index (χ2v) is 6.29. The Labute approximate surface area is 158 Å². The molecule has 0 bridgehead atoms. The summed E-state index contributed by atoms with van der Waals surface area (Å²) in [6.07, 6.45) is 4.67. The summed E-state index contributed by atoms with van der Waals surface area (Å²) in [6, 6.07) is 4.82. The highest BCUT2D eigenvalue weighted by Gasteiger charge is 2.20. The number of carbonyl (C=O) groups is 1. The van der Waals surface area contributed by atoms with Crippen molar-refractivity contribution in [2.75, 3.05) is 5.32 Å². The topological polar surface area (TPSA) is 80.0 Å². The number of pyridine rings is 1. The predicted molar refractivity (Wildman–Crippen MR) is 97.2 cm³/mol. The molecule has 2 heterocycles. The zero-order valence-electron chi connectivity index (χ0n) is 12.8. The van der Waals surface area contributed by atoms with Gasteiger partial charge in [0.15, 0.2) is 5.75 Å². The summed E-state index contributed by atoms with van der Waals surface area (Å²) in [5.74, 6) is -0.864. The van der Waals surface area contributed by atoms with Crippen molar-refractivity contribution in [2.45, 2.75) is 6.92 Å². The molecule has 0 unspecified atom stereocenters. The Morgan fingerprint density at radius 3 is 2.56 bits per heavy atom. The van der Waals surface area contributed by atoms with Crippen LogP contribution in [0.25, 0.3) is 5.69 Å². The summed E-state index contributed by atoms with van der Waals surface area (Å²) in [5, 5.41) is 16.9. The third-order valence-electron chi connectivity index (χ3n) is 3.55. The molecule has 6 nitrogen and oxygen atoms in total. The van der Waals surface area contributed by atoms with Gasteiger partial charge in [0, 0.05) is 12.4 Å². The molecular weight excluding hydrogens is 387 g/mol. The molecule has 0 saturated carbocycles. The summed E-state index contributed by atoms with van der Waals surface area (Å²) < 4.78 is 1.60. The first-order chi connectivity index (χ1) is 11.9. The molecule has 0 aliphatic rings. The molecule has 0 radical (unpaired) electrons. The molecule has 1 amide bonds. The highest BCUT2D eigenvalue weighted by molar-refractivity contribution is 6.46. The van der Waals surface area contributed by atoms with E-state index < -0.39 is 5.91 Å². The fourth-order valence-electron chi connectivity index (χ4n) is 2.26. The van der Waals surface area contributed by atoms with Crippen LogP contribution in [-0.4, -0.2) is 25.8 Å². The molecule has 2 N–H and O–H groups in total. The van der Waals surface area contributed by atoms with E-state index in [0.717, 1.165) is 5.69 Å². The van der Waals surface area contributed by atoms with Crippen LogP contribution in [0.5, 0.6) is 5.75 Å². The molecule has 2 aromatic heterocycles. The molecule has 128 valence electrons.